The lowest BCUT2D eigenvalue weighted by Crippen LogP contribution is -2.35. The summed E-state index contributed by atoms with van der Waals surface area (Å²) in [5, 5.41) is 1.31. The van der Waals surface area contributed by atoms with Gasteiger partial charge in [-0.15, -0.1) is 0 Å². The molecule has 186 valence electrons. The van der Waals surface area contributed by atoms with E-state index in [2.05, 4.69) is 4.72 Å². The van der Waals surface area contributed by atoms with E-state index in [0.29, 0.717) is 17.9 Å². The number of nitrogens with one attached hydrogen (secondary N) is 1. The maximum atomic E-state index is 13.2. The van der Waals surface area contributed by atoms with Gasteiger partial charge in [0, 0.05) is 16.5 Å². The molecule has 0 aliphatic heterocycles. The van der Waals surface area contributed by atoms with Gasteiger partial charge in [0.15, 0.2) is 0 Å². The standard InChI is InChI=1S/C28H27ClN2O4S/c1-28(2,3)35-27(32)31-25-10-5-4-7-19(25)16-26(31)20-12-11-18-14-23(15-21(18)13-20)30-36(33,34)24-9-6-8-22(29)17-24/h4-13,16-17,23,30H,14-15H2,1-3H3. The largest absolute Gasteiger partial charge is 0.443 e. The number of ether oxygens (including phenoxy) is 1. The van der Waals surface area contributed by atoms with E-state index in [-0.39, 0.29) is 10.9 Å². The Hall–Kier alpha value is -3.13. The Morgan fingerprint density at radius 3 is 2.47 bits per heavy atom. The van der Waals surface area contributed by atoms with Crippen molar-refractivity contribution in [3.05, 3.63) is 88.9 Å². The van der Waals surface area contributed by atoms with Crippen LogP contribution in [-0.4, -0.2) is 30.7 Å². The number of carbonyl (C=O) groups excluding carboxylic acids is 1. The van der Waals surface area contributed by atoms with Gasteiger partial charge in [-0.25, -0.2) is 22.5 Å². The highest BCUT2D eigenvalue weighted by Gasteiger charge is 2.28. The molecule has 0 amide bonds. The van der Waals surface area contributed by atoms with E-state index >= 15 is 0 Å². The van der Waals surface area contributed by atoms with E-state index in [0.717, 1.165) is 33.3 Å². The summed E-state index contributed by atoms with van der Waals surface area (Å²) < 4.78 is 35.9. The van der Waals surface area contributed by atoms with Crippen LogP contribution < -0.4 is 4.72 Å². The molecule has 3 aromatic carbocycles. The second kappa shape index (κ2) is 9.07. The van der Waals surface area contributed by atoms with Crippen molar-refractivity contribution in [1.29, 1.82) is 0 Å². The smallest absolute Gasteiger partial charge is 0.419 e. The summed E-state index contributed by atoms with van der Waals surface area (Å²) in [6, 6.07) is 21.7. The Balaban J connectivity index is 1.45. The van der Waals surface area contributed by atoms with Gasteiger partial charge in [-0.1, -0.05) is 48.0 Å². The minimum absolute atomic E-state index is 0.147. The van der Waals surface area contributed by atoms with E-state index < -0.39 is 21.7 Å². The molecule has 0 saturated carbocycles. The van der Waals surface area contributed by atoms with Gasteiger partial charge in [0.1, 0.15) is 5.60 Å². The van der Waals surface area contributed by atoms with Gasteiger partial charge in [0.25, 0.3) is 0 Å². The van der Waals surface area contributed by atoms with Crippen LogP contribution in [0.1, 0.15) is 31.9 Å². The average molecular weight is 523 g/mol. The summed E-state index contributed by atoms with van der Waals surface area (Å²) in [5.74, 6) is 0. The van der Waals surface area contributed by atoms with E-state index in [9.17, 15) is 13.2 Å². The second-order valence-electron chi connectivity index (χ2n) is 10.1. The number of fused-ring (bicyclic) bond motifs is 2. The van der Waals surface area contributed by atoms with Crippen molar-refractivity contribution >= 4 is 38.6 Å². The summed E-state index contributed by atoms with van der Waals surface area (Å²) in [7, 11) is -3.70. The highest BCUT2D eigenvalue weighted by molar-refractivity contribution is 7.89. The number of hydrogen-bond donors (Lipinski definition) is 1. The number of aromatic nitrogens is 1. The molecule has 1 heterocycles. The minimum atomic E-state index is -3.70. The van der Waals surface area contributed by atoms with Crippen molar-refractivity contribution < 1.29 is 17.9 Å². The third-order valence-electron chi connectivity index (χ3n) is 6.15. The van der Waals surface area contributed by atoms with Crippen molar-refractivity contribution in [2.24, 2.45) is 0 Å². The fraction of sp³-hybridized carbons (Fsp3) is 0.250. The predicted molar refractivity (Wildman–Crippen MR) is 142 cm³/mol. The quantitative estimate of drug-likeness (QED) is 0.346. The Bertz CT molecular complexity index is 1580. The number of nitrogens with zero attached hydrogens (tertiary/aromatic N) is 1. The molecule has 1 N–H and O–H groups in total. The van der Waals surface area contributed by atoms with Crippen LogP contribution in [0.15, 0.2) is 77.7 Å². The third-order valence-corrected chi connectivity index (χ3v) is 7.90. The minimum Gasteiger partial charge on any atom is -0.443 e. The Labute approximate surface area is 215 Å². The van der Waals surface area contributed by atoms with Crippen molar-refractivity contribution in [1.82, 2.24) is 9.29 Å². The van der Waals surface area contributed by atoms with Gasteiger partial charge < -0.3 is 4.74 Å². The summed E-state index contributed by atoms with van der Waals surface area (Å²) in [4.78, 5) is 13.3. The zero-order chi connectivity index (χ0) is 25.7. The summed E-state index contributed by atoms with van der Waals surface area (Å²) in [5.41, 5.74) is 3.87. The highest BCUT2D eigenvalue weighted by Crippen LogP contribution is 2.33. The van der Waals surface area contributed by atoms with Crippen molar-refractivity contribution in [2.45, 2.75) is 50.2 Å². The molecule has 1 aliphatic rings. The van der Waals surface area contributed by atoms with Crippen LogP contribution in [0.3, 0.4) is 0 Å². The number of rotatable bonds is 4. The number of halogens is 1. The number of hydrogen-bond acceptors (Lipinski definition) is 4. The molecule has 0 fully saturated rings. The fourth-order valence-corrected chi connectivity index (χ4v) is 6.19. The number of benzene rings is 3. The van der Waals surface area contributed by atoms with Gasteiger partial charge in [-0.2, -0.15) is 0 Å². The van der Waals surface area contributed by atoms with Crippen molar-refractivity contribution in [3.63, 3.8) is 0 Å². The lowest BCUT2D eigenvalue weighted by atomic mass is 10.0. The molecule has 4 aromatic rings. The van der Waals surface area contributed by atoms with Gasteiger partial charge in [0.2, 0.25) is 10.0 Å². The molecule has 8 heteroatoms. The Morgan fingerprint density at radius 1 is 0.972 bits per heavy atom. The first-order valence-corrected chi connectivity index (χ1v) is 13.6. The second-order valence-corrected chi connectivity index (χ2v) is 12.2. The zero-order valence-corrected chi connectivity index (χ0v) is 21.9. The predicted octanol–water partition coefficient (Wildman–Crippen LogP) is 6.19. The lowest BCUT2D eigenvalue weighted by Gasteiger charge is -2.21. The molecule has 1 unspecified atom stereocenters. The van der Waals surface area contributed by atoms with Gasteiger partial charge in [-0.05, 0) is 86.7 Å². The normalized spacial score (nSPS) is 15.7. The van der Waals surface area contributed by atoms with Crippen LogP contribution in [0.25, 0.3) is 22.2 Å². The lowest BCUT2D eigenvalue weighted by molar-refractivity contribution is 0.0547. The molecule has 0 bridgehead atoms. The first-order valence-electron chi connectivity index (χ1n) is 11.7. The van der Waals surface area contributed by atoms with E-state index in [4.69, 9.17) is 16.3 Å². The van der Waals surface area contributed by atoms with Gasteiger partial charge >= 0.3 is 6.09 Å². The Morgan fingerprint density at radius 2 is 1.72 bits per heavy atom. The third kappa shape index (κ3) is 4.91. The van der Waals surface area contributed by atoms with Crippen LogP contribution in [-0.2, 0) is 27.6 Å². The maximum absolute atomic E-state index is 13.2. The molecule has 1 atom stereocenters. The summed E-state index contributed by atoms with van der Waals surface area (Å²) in [6.45, 7) is 5.53. The maximum Gasteiger partial charge on any atom is 0.419 e. The number of sulfonamides is 1. The van der Waals surface area contributed by atoms with Crippen LogP contribution in [0.4, 0.5) is 4.79 Å². The fourth-order valence-electron chi connectivity index (χ4n) is 4.65. The van der Waals surface area contributed by atoms with E-state index in [1.165, 1.54) is 12.1 Å². The first-order chi connectivity index (χ1) is 17.0. The molecule has 36 heavy (non-hydrogen) atoms. The van der Waals surface area contributed by atoms with Crippen molar-refractivity contribution in [2.75, 3.05) is 0 Å². The Kier molecular flexibility index (Phi) is 6.19. The van der Waals surface area contributed by atoms with Gasteiger partial charge in [0.05, 0.1) is 16.1 Å². The van der Waals surface area contributed by atoms with Crippen LogP contribution in [0, 0.1) is 0 Å². The van der Waals surface area contributed by atoms with Crippen LogP contribution >= 0.6 is 11.6 Å². The van der Waals surface area contributed by atoms with E-state index in [1.54, 1.807) is 16.7 Å². The molecular weight excluding hydrogens is 496 g/mol. The SMILES string of the molecule is CC(C)(C)OC(=O)n1c(-c2ccc3c(c2)CC(NS(=O)(=O)c2cccc(Cl)c2)C3)cc2ccccc21. The zero-order valence-electron chi connectivity index (χ0n) is 20.3. The molecule has 1 aromatic heterocycles. The molecule has 5 rings (SSSR count). The van der Waals surface area contributed by atoms with E-state index in [1.807, 2.05) is 69.3 Å². The molecule has 0 spiro atoms. The van der Waals surface area contributed by atoms with Gasteiger partial charge in [-0.3, -0.25) is 0 Å². The summed E-state index contributed by atoms with van der Waals surface area (Å²) >= 11 is 5.99. The molecule has 6 nitrogen and oxygen atoms in total. The molecule has 1 aliphatic carbocycles. The average Bonchev–Trinajstić information content (AvgIpc) is 3.37. The van der Waals surface area contributed by atoms with Crippen LogP contribution in [0.5, 0.6) is 0 Å². The topological polar surface area (TPSA) is 77.4 Å². The van der Waals surface area contributed by atoms with Crippen molar-refractivity contribution in [3.8, 4) is 11.3 Å². The first kappa shape index (κ1) is 24.6. The number of para-hydroxylation sites is 1. The molecule has 0 saturated heterocycles. The highest BCUT2D eigenvalue weighted by atomic mass is 35.5. The monoisotopic (exact) mass is 522 g/mol. The molecular formula is C28H27ClN2O4S. The number of carbonyl (C=O) groups is 1. The molecule has 0 radical (unpaired) electrons. The van der Waals surface area contributed by atoms with Crippen LogP contribution in [0.2, 0.25) is 5.02 Å². The summed E-state index contributed by atoms with van der Waals surface area (Å²) in [6.07, 6.45) is 0.700.